The minimum atomic E-state index is -3.82. The van der Waals surface area contributed by atoms with Gasteiger partial charge in [-0.2, -0.15) is 5.26 Å². The number of carboxylic acid groups (broad SMARTS) is 1. The fourth-order valence-electron chi connectivity index (χ4n) is 1.47. The maximum atomic E-state index is 12.2. The van der Waals surface area contributed by atoms with Gasteiger partial charge < -0.3 is 5.11 Å². The summed E-state index contributed by atoms with van der Waals surface area (Å²) in [5, 5.41) is 17.6. The molecule has 1 unspecified atom stereocenters. The van der Waals surface area contributed by atoms with Crippen LogP contribution in [0.1, 0.15) is 32.1 Å². The van der Waals surface area contributed by atoms with Crippen LogP contribution >= 0.6 is 11.3 Å². The first-order chi connectivity index (χ1) is 9.06. The van der Waals surface area contributed by atoms with Crippen LogP contribution in [0, 0.1) is 16.7 Å². The largest absolute Gasteiger partial charge is 0.481 e. The van der Waals surface area contributed by atoms with Crippen LogP contribution in [-0.2, 0) is 14.8 Å². The second-order valence-corrected chi connectivity index (χ2v) is 8.39. The summed E-state index contributed by atoms with van der Waals surface area (Å²) >= 11 is 0.852. The Kier molecular flexibility index (Phi) is 4.91. The molecule has 0 fully saturated rings. The van der Waals surface area contributed by atoms with E-state index < -0.39 is 27.4 Å². The fourth-order valence-corrected chi connectivity index (χ4v) is 4.03. The molecule has 0 saturated heterocycles. The molecule has 1 rings (SSSR count). The van der Waals surface area contributed by atoms with Crippen LogP contribution in [-0.4, -0.2) is 25.5 Å². The number of thiophene rings is 1. The lowest BCUT2D eigenvalue weighted by Gasteiger charge is -2.29. The predicted octanol–water partition coefficient (Wildman–Crippen LogP) is 1.79. The number of nitriles is 1. The molecular formula is C12H16N2O4S2. The molecule has 0 radical (unpaired) electrons. The zero-order valence-electron chi connectivity index (χ0n) is 11.4. The van der Waals surface area contributed by atoms with Gasteiger partial charge in [0, 0.05) is 6.04 Å². The zero-order valence-corrected chi connectivity index (χ0v) is 13.0. The lowest BCUT2D eigenvalue weighted by atomic mass is 9.85. The van der Waals surface area contributed by atoms with E-state index in [2.05, 4.69) is 4.72 Å². The minimum Gasteiger partial charge on any atom is -0.481 e. The second kappa shape index (κ2) is 5.91. The van der Waals surface area contributed by atoms with Crippen LogP contribution in [0.2, 0.25) is 0 Å². The third-order valence-corrected chi connectivity index (χ3v) is 5.63. The first-order valence-electron chi connectivity index (χ1n) is 5.80. The Balaban J connectivity index is 3.03. The first-order valence-corrected chi connectivity index (χ1v) is 8.10. The van der Waals surface area contributed by atoms with Gasteiger partial charge >= 0.3 is 5.97 Å². The van der Waals surface area contributed by atoms with Gasteiger partial charge in [0.1, 0.15) is 15.2 Å². The topological polar surface area (TPSA) is 107 Å². The number of carbonyl (C=O) groups is 1. The van der Waals surface area contributed by atoms with Gasteiger partial charge in [-0.15, -0.1) is 11.3 Å². The summed E-state index contributed by atoms with van der Waals surface area (Å²) in [5.74, 6) is -1.07. The Bertz CT molecular complexity index is 635. The quantitative estimate of drug-likeness (QED) is 0.861. The van der Waals surface area contributed by atoms with Crippen molar-refractivity contribution in [2.24, 2.45) is 5.41 Å². The van der Waals surface area contributed by atoms with Crippen molar-refractivity contribution in [1.82, 2.24) is 4.72 Å². The number of rotatable bonds is 5. The summed E-state index contributed by atoms with van der Waals surface area (Å²) in [7, 11) is -3.82. The van der Waals surface area contributed by atoms with Crippen LogP contribution in [0.25, 0.3) is 0 Å². The molecule has 110 valence electrons. The number of hydrogen-bond acceptors (Lipinski definition) is 5. The van der Waals surface area contributed by atoms with Gasteiger partial charge in [-0.3, -0.25) is 4.79 Å². The van der Waals surface area contributed by atoms with Crippen molar-refractivity contribution in [3.8, 4) is 6.07 Å². The molecule has 0 amide bonds. The molecule has 0 aliphatic carbocycles. The van der Waals surface area contributed by atoms with Crippen LogP contribution < -0.4 is 4.72 Å². The van der Waals surface area contributed by atoms with E-state index in [9.17, 15) is 13.2 Å². The highest BCUT2D eigenvalue weighted by Crippen LogP contribution is 2.26. The zero-order chi connectivity index (χ0) is 15.6. The average Bonchev–Trinajstić information content (AvgIpc) is 2.75. The van der Waals surface area contributed by atoms with Gasteiger partial charge in [0.05, 0.1) is 6.42 Å². The van der Waals surface area contributed by atoms with E-state index in [-0.39, 0.29) is 15.5 Å². The van der Waals surface area contributed by atoms with Gasteiger partial charge in [-0.25, -0.2) is 13.1 Å². The van der Waals surface area contributed by atoms with Crippen molar-refractivity contribution in [3.63, 3.8) is 0 Å². The fraction of sp³-hybridized carbons (Fsp3) is 0.500. The van der Waals surface area contributed by atoms with Gasteiger partial charge in [-0.1, -0.05) is 20.8 Å². The molecule has 0 aliphatic heterocycles. The van der Waals surface area contributed by atoms with Crippen molar-refractivity contribution in [2.45, 2.75) is 37.4 Å². The van der Waals surface area contributed by atoms with E-state index in [4.69, 9.17) is 10.4 Å². The number of carboxylic acids is 1. The monoisotopic (exact) mass is 316 g/mol. The molecule has 1 aromatic heterocycles. The van der Waals surface area contributed by atoms with Crippen molar-refractivity contribution >= 4 is 27.3 Å². The number of aliphatic carboxylic acids is 1. The highest BCUT2D eigenvalue weighted by atomic mass is 32.2. The van der Waals surface area contributed by atoms with Gasteiger partial charge in [-0.05, 0) is 17.5 Å². The van der Waals surface area contributed by atoms with Crippen molar-refractivity contribution in [3.05, 3.63) is 17.0 Å². The normalized spacial score (nSPS) is 13.7. The van der Waals surface area contributed by atoms with Crippen molar-refractivity contribution in [2.75, 3.05) is 0 Å². The van der Waals surface area contributed by atoms with E-state index in [1.165, 1.54) is 12.1 Å². The minimum absolute atomic E-state index is 0.00805. The van der Waals surface area contributed by atoms with Crippen molar-refractivity contribution in [1.29, 1.82) is 5.26 Å². The Hall–Kier alpha value is -1.43. The maximum Gasteiger partial charge on any atom is 0.304 e. The Morgan fingerprint density at radius 2 is 2.10 bits per heavy atom. The Labute approximate surface area is 122 Å². The summed E-state index contributed by atoms with van der Waals surface area (Å²) in [4.78, 5) is 11.1. The number of sulfonamides is 1. The molecule has 0 bridgehead atoms. The molecular weight excluding hydrogens is 300 g/mol. The molecule has 0 aromatic carbocycles. The Morgan fingerprint density at radius 3 is 2.50 bits per heavy atom. The molecule has 6 nitrogen and oxygen atoms in total. The molecule has 20 heavy (non-hydrogen) atoms. The van der Waals surface area contributed by atoms with E-state index in [0.29, 0.717) is 0 Å². The van der Waals surface area contributed by atoms with Crippen LogP contribution in [0.3, 0.4) is 0 Å². The van der Waals surface area contributed by atoms with E-state index in [1.54, 1.807) is 20.8 Å². The van der Waals surface area contributed by atoms with E-state index >= 15 is 0 Å². The summed E-state index contributed by atoms with van der Waals surface area (Å²) < 4.78 is 26.8. The summed E-state index contributed by atoms with van der Waals surface area (Å²) in [5.41, 5.74) is -0.541. The smallest absolute Gasteiger partial charge is 0.304 e. The summed E-state index contributed by atoms with van der Waals surface area (Å²) in [6.07, 6.45) is -0.306. The third-order valence-electron chi connectivity index (χ3n) is 2.68. The standard InChI is InChI=1S/C12H16N2O4S2/c1-12(2,3)9(6-10(15)16)14-20(17,18)11-5-4-8(7-13)19-11/h4-5,9,14H,6H2,1-3H3,(H,15,16). The van der Waals surface area contributed by atoms with Crippen LogP contribution in [0.5, 0.6) is 0 Å². The lowest BCUT2D eigenvalue weighted by molar-refractivity contribution is -0.138. The molecule has 1 atom stereocenters. The molecule has 2 N–H and O–H groups in total. The maximum absolute atomic E-state index is 12.2. The number of nitrogens with one attached hydrogen (secondary N) is 1. The van der Waals surface area contributed by atoms with Crippen LogP contribution in [0.15, 0.2) is 16.3 Å². The predicted molar refractivity (Wildman–Crippen MR) is 74.9 cm³/mol. The third kappa shape index (κ3) is 4.30. The molecule has 0 spiro atoms. The summed E-state index contributed by atoms with van der Waals surface area (Å²) in [6, 6.07) is 3.89. The van der Waals surface area contributed by atoms with Gasteiger partial charge in [0.2, 0.25) is 10.0 Å². The summed E-state index contributed by atoms with van der Waals surface area (Å²) in [6.45, 7) is 5.29. The lowest BCUT2D eigenvalue weighted by Crippen LogP contribution is -2.44. The van der Waals surface area contributed by atoms with Gasteiger partial charge in [0.15, 0.2) is 0 Å². The van der Waals surface area contributed by atoms with E-state index in [0.717, 1.165) is 11.3 Å². The molecule has 1 heterocycles. The SMILES string of the molecule is CC(C)(C)C(CC(=O)O)NS(=O)(=O)c1ccc(C#N)s1. The average molecular weight is 316 g/mol. The second-order valence-electron chi connectivity index (χ2n) is 5.37. The van der Waals surface area contributed by atoms with Crippen LogP contribution in [0.4, 0.5) is 0 Å². The first kappa shape index (κ1) is 16.6. The molecule has 8 heteroatoms. The number of nitrogens with zero attached hydrogens (tertiary/aromatic N) is 1. The Morgan fingerprint density at radius 1 is 1.50 bits per heavy atom. The molecule has 0 aliphatic rings. The number of hydrogen-bond donors (Lipinski definition) is 2. The molecule has 1 aromatic rings. The highest BCUT2D eigenvalue weighted by Gasteiger charge is 2.32. The highest BCUT2D eigenvalue weighted by molar-refractivity contribution is 7.91. The van der Waals surface area contributed by atoms with E-state index in [1.807, 2.05) is 6.07 Å². The van der Waals surface area contributed by atoms with Gasteiger partial charge in [0.25, 0.3) is 0 Å². The molecule has 0 saturated carbocycles. The van der Waals surface area contributed by atoms with Crippen molar-refractivity contribution < 1.29 is 18.3 Å².